The SMILES string of the molecule is OC1=C(c2ccccc2)OC(c2ccccc2)=C(O)O1. The highest BCUT2D eigenvalue weighted by atomic mass is 16.7. The van der Waals surface area contributed by atoms with Crippen molar-refractivity contribution in [3.63, 3.8) is 0 Å². The quantitative estimate of drug-likeness (QED) is 0.869. The zero-order valence-corrected chi connectivity index (χ0v) is 10.5. The van der Waals surface area contributed by atoms with Crippen molar-refractivity contribution < 1.29 is 19.7 Å². The molecule has 1 aliphatic rings. The molecule has 2 N–H and O–H groups in total. The molecule has 4 nitrogen and oxygen atoms in total. The van der Waals surface area contributed by atoms with Crippen LogP contribution in [0, 0.1) is 0 Å². The van der Waals surface area contributed by atoms with Crippen LogP contribution in [0.5, 0.6) is 0 Å². The first-order chi connectivity index (χ1) is 9.75. The second kappa shape index (κ2) is 5.01. The maximum Gasteiger partial charge on any atom is 0.330 e. The summed E-state index contributed by atoms with van der Waals surface area (Å²) in [7, 11) is 0. The Morgan fingerprint density at radius 1 is 0.550 bits per heavy atom. The van der Waals surface area contributed by atoms with Crippen LogP contribution in [-0.2, 0) is 9.47 Å². The van der Waals surface area contributed by atoms with Crippen LogP contribution >= 0.6 is 0 Å². The third-order valence-corrected chi connectivity index (χ3v) is 2.86. The number of aliphatic hydroxyl groups excluding tert-OH is 2. The van der Waals surface area contributed by atoms with Crippen molar-refractivity contribution >= 4 is 11.5 Å². The van der Waals surface area contributed by atoms with Gasteiger partial charge in [-0.3, -0.25) is 0 Å². The lowest BCUT2D eigenvalue weighted by atomic mass is 10.1. The van der Waals surface area contributed by atoms with E-state index in [1.54, 1.807) is 24.3 Å². The Morgan fingerprint density at radius 3 is 1.35 bits per heavy atom. The smallest absolute Gasteiger partial charge is 0.330 e. The van der Waals surface area contributed by atoms with Crippen molar-refractivity contribution in [3.05, 3.63) is 83.7 Å². The molecule has 100 valence electrons. The van der Waals surface area contributed by atoms with Crippen molar-refractivity contribution in [2.45, 2.75) is 0 Å². The molecule has 0 aromatic heterocycles. The lowest BCUT2D eigenvalue weighted by Gasteiger charge is -2.20. The number of rotatable bonds is 2. The summed E-state index contributed by atoms with van der Waals surface area (Å²) < 4.78 is 10.6. The Morgan fingerprint density at radius 2 is 0.950 bits per heavy atom. The van der Waals surface area contributed by atoms with Crippen LogP contribution in [0.2, 0.25) is 0 Å². The van der Waals surface area contributed by atoms with Gasteiger partial charge in [0.25, 0.3) is 0 Å². The van der Waals surface area contributed by atoms with Gasteiger partial charge in [-0.15, -0.1) is 0 Å². The van der Waals surface area contributed by atoms with Crippen molar-refractivity contribution in [1.82, 2.24) is 0 Å². The largest absolute Gasteiger partial charge is 0.478 e. The van der Waals surface area contributed by atoms with Crippen molar-refractivity contribution in [3.8, 4) is 0 Å². The topological polar surface area (TPSA) is 58.9 Å². The highest BCUT2D eigenvalue weighted by molar-refractivity contribution is 5.72. The van der Waals surface area contributed by atoms with Gasteiger partial charge in [-0.2, -0.15) is 0 Å². The van der Waals surface area contributed by atoms with Gasteiger partial charge in [0, 0.05) is 11.1 Å². The molecule has 1 heterocycles. The molecule has 0 spiro atoms. The summed E-state index contributed by atoms with van der Waals surface area (Å²) >= 11 is 0. The molecule has 3 rings (SSSR count). The van der Waals surface area contributed by atoms with Gasteiger partial charge in [-0.1, -0.05) is 60.7 Å². The summed E-state index contributed by atoms with van der Waals surface area (Å²) in [5, 5.41) is 19.6. The van der Waals surface area contributed by atoms with E-state index in [0.29, 0.717) is 11.1 Å². The minimum absolute atomic E-state index is 0.169. The third kappa shape index (κ3) is 2.19. The summed E-state index contributed by atoms with van der Waals surface area (Å²) in [6.45, 7) is 0. The van der Waals surface area contributed by atoms with Gasteiger partial charge in [0.15, 0.2) is 0 Å². The second-order valence-corrected chi connectivity index (χ2v) is 4.20. The van der Waals surface area contributed by atoms with Crippen LogP contribution in [0.4, 0.5) is 0 Å². The molecule has 0 aliphatic carbocycles. The highest BCUT2D eigenvalue weighted by Gasteiger charge is 2.26. The number of aliphatic hydroxyl groups is 2. The third-order valence-electron chi connectivity index (χ3n) is 2.86. The molecular weight excluding hydrogens is 256 g/mol. The summed E-state index contributed by atoms with van der Waals surface area (Å²) in [4.78, 5) is 0. The summed E-state index contributed by atoms with van der Waals surface area (Å²) in [5.41, 5.74) is 1.32. The summed E-state index contributed by atoms with van der Waals surface area (Å²) in [5.74, 6) is -0.591. The fourth-order valence-electron chi connectivity index (χ4n) is 1.92. The maximum absolute atomic E-state index is 9.80. The van der Waals surface area contributed by atoms with Crippen LogP contribution < -0.4 is 0 Å². The lowest BCUT2D eigenvalue weighted by molar-refractivity contribution is 0.0486. The van der Waals surface area contributed by atoms with Crippen LogP contribution in [0.1, 0.15) is 11.1 Å². The Hall–Kier alpha value is -2.88. The van der Waals surface area contributed by atoms with Gasteiger partial charge < -0.3 is 19.7 Å². The first kappa shape index (κ1) is 12.2. The molecule has 0 fully saturated rings. The van der Waals surface area contributed by atoms with E-state index in [0.717, 1.165) is 0 Å². The van der Waals surface area contributed by atoms with Gasteiger partial charge in [0.05, 0.1) is 0 Å². The van der Waals surface area contributed by atoms with Gasteiger partial charge >= 0.3 is 11.9 Å². The molecule has 20 heavy (non-hydrogen) atoms. The maximum atomic E-state index is 9.80. The van der Waals surface area contributed by atoms with Crippen molar-refractivity contribution in [1.29, 1.82) is 0 Å². The van der Waals surface area contributed by atoms with E-state index in [1.165, 1.54) is 0 Å². The van der Waals surface area contributed by atoms with Gasteiger partial charge in [0.2, 0.25) is 11.5 Å². The fourth-order valence-corrected chi connectivity index (χ4v) is 1.92. The minimum Gasteiger partial charge on any atom is -0.478 e. The Labute approximate surface area is 115 Å². The summed E-state index contributed by atoms with van der Waals surface area (Å²) in [6.07, 6.45) is 0. The van der Waals surface area contributed by atoms with Crippen molar-refractivity contribution in [2.24, 2.45) is 0 Å². The Kier molecular flexibility index (Phi) is 3.05. The molecule has 0 saturated carbocycles. The van der Waals surface area contributed by atoms with E-state index in [4.69, 9.17) is 9.47 Å². The highest BCUT2D eigenvalue weighted by Crippen LogP contribution is 2.34. The van der Waals surface area contributed by atoms with E-state index >= 15 is 0 Å². The van der Waals surface area contributed by atoms with Crippen LogP contribution in [0.25, 0.3) is 11.5 Å². The van der Waals surface area contributed by atoms with E-state index in [2.05, 4.69) is 0 Å². The molecule has 0 bridgehead atoms. The van der Waals surface area contributed by atoms with Crippen LogP contribution in [-0.4, -0.2) is 10.2 Å². The number of hydrogen-bond donors (Lipinski definition) is 2. The van der Waals surface area contributed by atoms with E-state index in [9.17, 15) is 10.2 Å². The first-order valence-electron chi connectivity index (χ1n) is 6.09. The number of ether oxygens (including phenoxy) is 2. The number of benzene rings is 2. The Bertz CT molecular complexity index is 613. The molecule has 2 aromatic rings. The monoisotopic (exact) mass is 268 g/mol. The average Bonchev–Trinajstić information content (AvgIpc) is 2.49. The molecule has 2 aromatic carbocycles. The molecule has 0 amide bonds. The van der Waals surface area contributed by atoms with Crippen molar-refractivity contribution in [2.75, 3.05) is 0 Å². The second-order valence-electron chi connectivity index (χ2n) is 4.20. The first-order valence-corrected chi connectivity index (χ1v) is 6.09. The predicted molar refractivity (Wildman–Crippen MR) is 74.2 cm³/mol. The molecule has 1 aliphatic heterocycles. The fraction of sp³-hybridized carbons (Fsp3) is 0. The van der Waals surface area contributed by atoms with E-state index in [1.807, 2.05) is 36.4 Å². The van der Waals surface area contributed by atoms with Crippen LogP contribution in [0.15, 0.2) is 72.6 Å². The van der Waals surface area contributed by atoms with Gasteiger partial charge in [-0.05, 0) is 0 Å². The predicted octanol–water partition coefficient (Wildman–Crippen LogP) is 3.80. The normalized spacial score (nSPS) is 14.8. The lowest BCUT2D eigenvalue weighted by Crippen LogP contribution is -2.09. The molecule has 0 radical (unpaired) electrons. The minimum atomic E-state index is -0.464. The van der Waals surface area contributed by atoms with Gasteiger partial charge in [0.1, 0.15) is 0 Å². The van der Waals surface area contributed by atoms with E-state index < -0.39 is 11.9 Å². The molecular formula is C16H12O4. The van der Waals surface area contributed by atoms with Gasteiger partial charge in [-0.25, -0.2) is 0 Å². The van der Waals surface area contributed by atoms with Crippen LogP contribution in [0.3, 0.4) is 0 Å². The zero-order valence-electron chi connectivity index (χ0n) is 10.5. The molecule has 0 unspecified atom stereocenters. The zero-order chi connectivity index (χ0) is 13.9. The van der Waals surface area contributed by atoms with E-state index in [-0.39, 0.29) is 11.5 Å². The molecule has 0 saturated heterocycles. The summed E-state index contributed by atoms with van der Waals surface area (Å²) in [6, 6.07) is 18.1. The number of hydrogen-bond acceptors (Lipinski definition) is 4. The Balaban J connectivity index is 1.99. The molecule has 0 atom stereocenters. The average molecular weight is 268 g/mol. The molecule has 4 heteroatoms. The standard InChI is InChI=1S/C16H12O4/c17-15-13(11-7-3-1-4-8-11)19-14(16(18)20-15)12-9-5-2-6-10-12/h1-10,17-18H.